The summed E-state index contributed by atoms with van der Waals surface area (Å²) in [5, 5.41) is -0.406. The van der Waals surface area contributed by atoms with Gasteiger partial charge in [0.15, 0.2) is 0 Å². The van der Waals surface area contributed by atoms with Gasteiger partial charge in [0, 0.05) is 12.7 Å². The van der Waals surface area contributed by atoms with Gasteiger partial charge >= 0.3 is 10.1 Å². The SMILES string of the molecule is CN(C(=O)S)c1ccc(OS(C)(=O)=O)cc1. The summed E-state index contributed by atoms with van der Waals surface area (Å²) in [4.78, 5) is 12.2. The molecule has 0 aliphatic rings. The lowest BCUT2D eigenvalue weighted by Gasteiger charge is -2.14. The van der Waals surface area contributed by atoms with Crippen molar-refractivity contribution in [3.05, 3.63) is 24.3 Å². The Kier molecular flexibility index (Phi) is 3.82. The third-order valence-corrected chi connectivity index (χ3v) is 2.55. The second-order valence-corrected chi connectivity index (χ2v) is 5.08. The van der Waals surface area contributed by atoms with Crippen LogP contribution in [0.3, 0.4) is 0 Å². The van der Waals surface area contributed by atoms with E-state index in [0.717, 1.165) is 6.26 Å². The maximum atomic E-state index is 10.9. The predicted octanol–water partition coefficient (Wildman–Crippen LogP) is 1.51. The number of thiol groups is 1. The largest absolute Gasteiger partial charge is 0.383 e. The molecular formula is C9H11NO4S2. The summed E-state index contributed by atoms with van der Waals surface area (Å²) < 4.78 is 26.3. The van der Waals surface area contributed by atoms with Crippen LogP contribution >= 0.6 is 12.6 Å². The maximum absolute atomic E-state index is 10.9. The summed E-state index contributed by atoms with van der Waals surface area (Å²) in [7, 11) is -1.96. The number of rotatable bonds is 3. The normalized spacial score (nSPS) is 10.9. The van der Waals surface area contributed by atoms with Crippen molar-refractivity contribution in [3.63, 3.8) is 0 Å². The lowest BCUT2D eigenvalue weighted by molar-refractivity contribution is 0.266. The molecule has 5 nitrogen and oxygen atoms in total. The van der Waals surface area contributed by atoms with Gasteiger partial charge in [-0.2, -0.15) is 8.42 Å². The van der Waals surface area contributed by atoms with Gasteiger partial charge in [-0.15, -0.1) is 0 Å². The van der Waals surface area contributed by atoms with Gasteiger partial charge in [-0.05, 0) is 24.3 Å². The molecule has 1 aromatic carbocycles. The second-order valence-electron chi connectivity index (χ2n) is 3.12. The quantitative estimate of drug-likeness (QED) is 0.661. The molecule has 0 heterocycles. The lowest BCUT2D eigenvalue weighted by Crippen LogP contribution is -2.19. The first-order valence-corrected chi connectivity index (χ1v) is 6.52. The van der Waals surface area contributed by atoms with Crippen LogP contribution in [0.4, 0.5) is 10.5 Å². The monoisotopic (exact) mass is 261 g/mol. The van der Waals surface area contributed by atoms with Crippen LogP contribution in [0.2, 0.25) is 0 Å². The molecule has 0 radical (unpaired) electrons. The van der Waals surface area contributed by atoms with Gasteiger partial charge in [0.05, 0.1) is 6.26 Å². The summed E-state index contributed by atoms with van der Waals surface area (Å²) in [6.07, 6.45) is 0.963. The summed E-state index contributed by atoms with van der Waals surface area (Å²) in [6.45, 7) is 0. The first-order chi connectivity index (χ1) is 7.29. The number of nitrogens with zero attached hydrogens (tertiary/aromatic N) is 1. The Morgan fingerprint density at radius 2 is 1.81 bits per heavy atom. The van der Waals surface area contributed by atoms with Gasteiger partial charge < -0.3 is 9.08 Å². The molecule has 88 valence electrons. The van der Waals surface area contributed by atoms with E-state index < -0.39 is 15.4 Å². The highest BCUT2D eigenvalue weighted by Gasteiger charge is 2.08. The predicted molar refractivity (Wildman–Crippen MR) is 64.7 cm³/mol. The Labute approximate surface area is 99.6 Å². The Bertz CT molecular complexity index is 481. The number of anilines is 1. The number of amides is 1. The summed E-state index contributed by atoms with van der Waals surface area (Å²) in [5.74, 6) is 0.200. The van der Waals surface area contributed by atoms with Crippen molar-refractivity contribution in [3.8, 4) is 5.75 Å². The van der Waals surface area contributed by atoms with Crippen LogP contribution in [0.1, 0.15) is 0 Å². The standard InChI is InChI=1S/C9H11NO4S2/c1-10(9(11)15)7-3-5-8(6-4-7)14-16(2,12)13/h3-6H,1-2H3,(H,11,15). The molecule has 0 unspecified atom stereocenters. The van der Waals surface area contributed by atoms with Gasteiger partial charge in [-0.25, -0.2) is 0 Å². The highest BCUT2D eigenvalue weighted by Crippen LogP contribution is 2.20. The maximum Gasteiger partial charge on any atom is 0.306 e. The van der Waals surface area contributed by atoms with Crippen molar-refractivity contribution in [2.45, 2.75) is 0 Å². The van der Waals surface area contributed by atoms with Crippen LogP contribution in [0, 0.1) is 0 Å². The first kappa shape index (κ1) is 12.9. The Hall–Kier alpha value is -1.21. The van der Waals surface area contributed by atoms with E-state index in [9.17, 15) is 13.2 Å². The average Bonchev–Trinajstić information content (AvgIpc) is 2.15. The van der Waals surface area contributed by atoms with Crippen LogP contribution in [0.25, 0.3) is 0 Å². The molecule has 0 fully saturated rings. The lowest BCUT2D eigenvalue weighted by atomic mass is 10.3. The van der Waals surface area contributed by atoms with Crippen LogP contribution in [0.15, 0.2) is 24.3 Å². The molecule has 0 saturated carbocycles. The van der Waals surface area contributed by atoms with E-state index in [0.29, 0.717) is 5.69 Å². The molecule has 1 amide bonds. The fourth-order valence-electron chi connectivity index (χ4n) is 1.01. The zero-order valence-electron chi connectivity index (χ0n) is 8.75. The van der Waals surface area contributed by atoms with Crippen molar-refractivity contribution in [2.75, 3.05) is 18.2 Å². The van der Waals surface area contributed by atoms with Crippen LogP contribution in [-0.2, 0) is 10.1 Å². The summed E-state index contributed by atoms with van der Waals surface area (Å²) in [6, 6.07) is 6.05. The molecule has 0 N–H and O–H groups in total. The van der Waals surface area contributed by atoms with Gasteiger partial charge in [-0.1, -0.05) is 12.6 Å². The minimum atomic E-state index is -3.52. The Balaban J connectivity index is 2.87. The third-order valence-electron chi connectivity index (χ3n) is 1.76. The molecule has 0 aliphatic heterocycles. The van der Waals surface area contributed by atoms with Gasteiger partial charge in [0.1, 0.15) is 5.75 Å². The second kappa shape index (κ2) is 4.75. The van der Waals surface area contributed by atoms with Crippen molar-refractivity contribution in [2.24, 2.45) is 0 Å². The molecule has 0 saturated heterocycles. The molecule has 0 aromatic heterocycles. The highest BCUT2D eigenvalue weighted by atomic mass is 32.2. The fraction of sp³-hybridized carbons (Fsp3) is 0.222. The molecular weight excluding hydrogens is 250 g/mol. The zero-order chi connectivity index (χ0) is 12.3. The van der Waals surface area contributed by atoms with Gasteiger partial charge in [0.25, 0.3) is 5.24 Å². The van der Waals surface area contributed by atoms with Crippen molar-refractivity contribution >= 4 is 33.7 Å². The number of hydrogen-bond acceptors (Lipinski definition) is 4. The molecule has 0 bridgehead atoms. The molecule has 1 rings (SSSR count). The number of carbonyl (C=O) groups is 1. The van der Waals surface area contributed by atoms with Crippen molar-refractivity contribution in [1.29, 1.82) is 0 Å². The smallest absolute Gasteiger partial charge is 0.306 e. The third kappa shape index (κ3) is 3.74. The number of hydrogen-bond donors (Lipinski definition) is 1. The number of benzene rings is 1. The first-order valence-electron chi connectivity index (χ1n) is 4.26. The minimum Gasteiger partial charge on any atom is -0.383 e. The van der Waals surface area contributed by atoms with Crippen molar-refractivity contribution < 1.29 is 17.4 Å². The van der Waals surface area contributed by atoms with E-state index in [1.54, 1.807) is 19.2 Å². The average molecular weight is 261 g/mol. The highest BCUT2D eigenvalue weighted by molar-refractivity contribution is 7.96. The molecule has 7 heteroatoms. The van der Waals surface area contributed by atoms with Gasteiger partial charge in [0.2, 0.25) is 0 Å². The molecule has 0 aliphatic carbocycles. The Morgan fingerprint density at radius 1 is 1.31 bits per heavy atom. The molecule has 16 heavy (non-hydrogen) atoms. The Morgan fingerprint density at radius 3 is 2.19 bits per heavy atom. The van der Waals surface area contributed by atoms with E-state index in [1.165, 1.54) is 17.0 Å². The van der Waals surface area contributed by atoms with Gasteiger partial charge in [-0.3, -0.25) is 4.79 Å². The van der Waals surface area contributed by atoms with E-state index in [2.05, 4.69) is 16.8 Å². The van der Waals surface area contributed by atoms with Crippen LogP contribution in [0.5, 0.6) is 5.75 Å². The van der Waals surface area contributed by atoms with E-state index in [1.807, 2.05) is 0 Å². The molecule has 0 atom stereocenters. The fourth-order valence-corrected chi connectivity index (χ4v) is 1.59. The van der Waals surface area contributed by atoms with E-state index in [-0.39, 0.29) is 5.75 Å². The molecule has 1 aromatic rings. The zero-order valence-corrected chi connectivity index (χ0v) is 10.5. The minimum absolute atomic E-state index is 0.200. The topological polar surface area (TPSA) is 63.7 Å². The van der Waals surface area contributed by atoms with E-state index >= 15 is 0 Å². The molecule has 0 spiro atoms. The van der Waals surface area contributed by atoms with Crippen LogP contribution < -0.4 is 9.08 Å². The van der Waals surface area contributed by atoms with Crippen molar-refractivity contribution in [1.82, 2.24) is 0 Å². The number of carbonyl (C=O) groups excluding carboxylic acids is 1. The van der Waals surface area contributed by atoms with Crippen LogP contribution in [-0.4, -0.2) is 27.0 Å². The summed E-state index contributed by atoms with van der Waals surface area (Å²) in [5.41, 5.74) is 0.598. The van der Waals surface area contributed by atoms with E-state index in [4.69, 9.17) is 0 Å². The summed E-state index contributed by atoms with van der Waals surface area (Å²) >= 11 is 3.66.